The Balaban J connectivity index is 1.38. The van der Waals surface area contributed by atoms with Gasteiger partial charge in [-0.15, -0.1) is 0 Å². The summed E-state index contributed by atoms with van der Waals surface area (Å²) in [5.41, 5.74) is 8.15. The van der Waals surface area contributed by atoms with Crippen LogP contribution in [-0.4, -0.2) is 41.9 Å². The number of likely N-dealkylation sites (tertiary alicyclic amines) is 1. The summed E-state index contributed by atoms with van der Waals surface area (Å²) in [7, 11) is 0. The van der Waals surface area contributed by atoms with Gasteiger partial charge in [0.2, 0.25) is 11.8 Å². The summed E-state index contributed by atoms with van der Waals surface area (Å²) in [6, 6.07) is 14.1. The van der Waals surface area contributed by atoms with E-state index in [1.807, 2.05) is 54.0 Å². The molecule has 0 aromatic heterocycles. The smallest absolute Gasteiger partial charge is 0.239 e. The highest BCUT2D eigenvalue weighted by atomic mass is 19.1. The standard InChI is InChI=1S/C25H30FN3O2/c1-25(2)20-16-18(26)9-11-22(20)29(24(25)31)19-12-14-28(15-13-19)23(30)21(27)10-8-17-6-4-3-5-7-17/h3-7,9,11,16,19,21H,8,10,12-15,27H2,1-2H3. The Bertz CT molecular complexity index is 968. The number of piperidine rings is 1. The molecule has 5 nitrogen and oxygen atoms in total. The number of rotatable bonds is 5. The van der Waals surface area contributed by atoms with Crippen LogP contribution in [-0.2, 0) is 21.4 Å². The molecule has 0 aliphatic carbocycles. The molecule has 1 unspecified atom stereocenters. The zero-order valence-corrected chi connectivity index (χ0v) is 18.2. The molecule has 2 aromatic rings. The molecule has 2 heterocycles. The lowest BCUT2D eigenvalue weighted by Crippen LogP contribution is -2.52. The summed E-state index contributed by atoms with van der Waals surface area (Å²) in [5, 5.41) is 0. The Morgan fingerprint density at radius 1 is 1.16 bits per heavy atom. The minimum Gasteiger partial charge on any atom is -0.341 e. The summed E-state index contributed by atoms with van der Waals surface area (Å²) in [6.45, 7) is 4.84. The molecule has 2 aliphatic heterocycles. The maximum Gasteiger partial charge on any atom is 0.239 e. The van der Waals surface area contributed by atoms with Crippen molar-refractivity contribution in [3.63, 3.8) is 0 Å². The SMILES string of the molecule is CC1(C)C(=O)N(C2CCN(C(=O)C(N)CCc3ccccc3)CC2)c2ccc(F)cc21. The third-order valence-corrected chi connectivity index (χ3v) is 6.69. The minimum absolute atomic E-state index is 0.00237. The number of hydrogen-bond acceptors (Lipinski definition) is 3. The molecule has 2 aliphatic rings. The van der Waals surface area contributed by atoms with Gasteiger partial charge >= 0.3 is 0 Å². The number of benzene rings is 2. The van der Waals surface area contributed by atoms with Gasteiger partial charge in [-0.1, -0.05) is 30.3 Å². The first-order valence-corrected chi connectivity index (χ1v) is 11.0. The second-order valence-corrected chi connectivity index (χ2v) is 9.15. The molecule has 0 bridgehead atoms. The molecule has 4 rings (SSSR count). The van der Waals surface area contributed by atoms with E-state index in [1.165, 1.54) is 17.7 Å². The molecule has 6 heteroatoms. The van der Waals surface area contributed by atoms with Gasteiger partial charge in [0.05, 0.1) is 11.5 Å². The van der Waals surface area contributed by atoms with Crippen LogP contribution >= 0.6 is 0 Å². The van der Waals surface area contributed by atoms with Crippen LogP contribution in [0.5, 0.6) is 0 Å². The summed E-state index contributed by atoms with van der Waals surface area (Å²) in [5.74, 6) is -0.353. The number of carbonyl (C=O) groups excluding carboxylic acids is 2. The molecule has 0 spiro atoms. The van der Waals surface area contributed by atoms with Crippen molar-refractivity contribution in [1.82, 2.24) is 4.90 Å². The third kappa shape index (κ3) is 4.09. The maximum atomic E-state index is 13.8. The van der Waals surface area contributed by atoms with E-state index >= 15 is 0 Å². The quantitative estimate of drug-likeness (QED) is 0.802. The molecule has 0 saturated carbocycles. The Morgan fingerprint density at radius 3 is 2.52 bits per heavy atom. The Labute approximate surface area is 183 Å². The van der Waals surface area contributed by atoms with Gasteiger partial charge in [0.1, 0.15) is 5.82 Å². The van der Waals surface area contributed by atoms with Crippen LogP contribution in [0.15, 0.2) is 48.5 Å². The molecule has 2 N–H and O–H groups in total. The number of hydrogen-bond donors (Lipinski definition) is 1. The maximum absolute atomic E-state index is 13.8. The van der Waals surface area contributed by atoms with E-state index in [0.29, 0.717) is 32.4 Å². The predicted octanol–water partition coefficient (Wildman–Crippen LogP) is 3.40. The number of carbonyl (C=O) groups is 2. The highest BCUT2D eigenvalue weighted by Gasteiger charge is 2.47. The van der Waals surface area contributed by atoms with Gasteiger partial charge in [-0.25, -0.2) is 4.39 Å². The molecule has 0 radical (unpaired) electrons. The van der Waals surface area contributed by atoms with Crippen LogP contribution in [0, 0.1) is 5.82 Å². The van der Waals surface area contributed by atoms with Crippen molar-refractivity contribution >= 4 is 17.5 Å². The Morgan fingerprint density at radius 2 is 1.84 bits per heavy atom. The zero-order valence-electron chi connectivity index (χ0n) is 18.2. The number of amides is 2. The number of nitrogens with two attached hydrogens (primary N) is 1. The van der Waals surface area contributed by atoms with Crippen LogP contribution in [0.1, 0.15) is 44.2 Å². The monoisotopic (exact) mass is 423 g/mol. The average Bonchev–Trinajstić information content (AvgIpc) is 2.98. The van der Waals surface area contributed by atoms with Gasteiger partial charge in [-0.05, 0) is 68.9 Å². The molecule has 1 saturated heterocycles. The normalized spacial score (nSPS) is 19.4. The molecule has 31 heavy (non-hydrogen) atoms. The van der Waals surface area contributed by atoms with Crippen LogP contribution in [0.4, 0.5) is 10.1 Å². The molecule has 1 atom stereocenters. The summed E-state index contributed by atoms with van der Waals surface area (Å²) >= 11 is 0. The van der Waals surface area contributed by atoms with Crippen LogP contribution in [0.2, 0.25) is 0 Å². The van der Waals surface area contributed by atoms with Crippen molar-refractivity contribution in [2.45, 2.75) is 57.0 Å². The lowest BCUT2D eigenvalue weighted by molar-refractivity contribution is -0.133. The van der Waals surface area contributed by atoms with Gasteiger partial charge in [0.15, 0.2) is 0 Å². The van der Waals surface area contributed by atoms with Gasteiger partial charge < -0.3 is 15.5 Å². The van der Waals surface area contributed by atoms with E-state index in [0.717, 1.165) is 17.7 Å². The predicted molar refractivity (Wildman–Crippen MR) is 119 cm³/mol. The highest BCUT2D eigenvalue weighted by Crippen LogP contribution is 2.44. The van der Waals surface area contributed by atoms with E-state index in [2.05, 4.69) is 0 Å². The number of anilines is 1. The highest BCUT2D eigenvalue weighted by molar-refractivity contribution is 6.08. The topological polar surface area (TPSA) is 66.6 Å². The van der Waals surface area contributed by atoms with Gasteiger partial charge in [-0.3, -0.25) is 9.59 Å². The lowest BCUT2D eigenvalue weighted by Gasteiger charge is -2.38. The minimum atomic E-state index is -0.746. The molecular formula is C25H30FN3O2. The fourth-order valence-electron chi connectivity index (χ4n) is 4.78. The van der Waals surface area contributed by atoms with Crippen molar-refractivity contribution in [1.29, 1.82) is 0 Å². The first-order chi connectivity index (χ1) is 14.8. The fourth-order valence-corrected chi connectivity index (χ4v) is 4.78. The second-order valence-electron chi connectivity index (χ2n) is 9.15. The van der Waals surface area contributed by atoms with E-state index < -0.39 is 11.5 Å². The molecule has 2 amide bonds. The van der Waals surface area contributed by atoms with Gasteiger partial charge in [0, 0.05) is 24.8 Å². The van der Waals surface area contributed by atoms with Crippen molar-refractivity contribution in [3.05, 3.63) is 65.5 Å². The lowest BCUT2D eigenvalue weighted by atomic mass is 9.86. The summed E-state index contributed by atoms with van der Waals surface area (Å²) in [6.07, 6.45) is 2.76. The van der Waals surface area contributed by atoms with E-state index in [4.69, 9.17) is 5.73 Å². The molecular weight excluding hydrogens is 393 g/mol. The van der Waals surface area contributed by atoms with Crippen molar-refractivity contribution in [2.24, 2.45) is 5.73 Å². The zero-order chi connectivity index (χ0) is 22.2. The van der Waals surface area contributed by atoms with Crippen LogP contribution < -0.4 is 10.6 Å². The van der Waals surface area contributed by atoms with Crippen molar-refractivity contribution in [2.75, 3.05) is 18.0 Å². The van der Waals surface area contributed by atoms with Crippen LogP contribution in [0.25, 0.3) is 0 Å². The third-order valence-electron chi connectivity index (χ3n) is 6.69. The number of halogens is 1. The fraction of sp³-hybridized carbons (Fsp3) is 0.440. The van der Waals surface area contributed by atoms with E-state index in [9.17, 15) is 14.0 Å². The summed E-state index contributed by atoms with van der Waals surface area (Å²) in [4.78, 5) is 29.6. The average molecular weight is 424 g/mol. The number of aryl methyl sites for hydroxylation is 1. The largest absolute Gasteiger partial charge is 0.341 e. The van der Waals surface area contributed by atoms with Gasteiger partial charge in [0.25, 0.3) is 0 Å². The van der Waals surface area contributed by atoms with Crippen molar-refractivity contribution in [3.8, 4) is 0 Å². The first kappa shape index (κ1) is 21.5. The Kier molecular flexibility index (Phi) is 5.84. The molecule has 164 valence electrons. The summed E-state index contributed by atoms with van der Waals surface area (Å²) < 4.78 is 13.8. The second kappa shape index (κ2) is 8.42. The van der Waals surface area contributed by atoms with E-state index in [1.54, 1.807) is 6.07 Å². The molecule has 2 aromatic carbocycles. The number of fused-ring (bicyclic) bond motifs is 1. The first-order valence-electron chi connectivity index (χ1n) is 11.0. The molecule has 1 fully saturated rings. The van der Waals surface area contributed by atoms with Crippen LogP contribution in [0.3, 0.4) is 0 Å². The van der Waals surface area contributed by atoms with Crippen molar-refractivity contribution < 1.29 is 14.0 Å². The van der Waals surface area contributed by atoms with Gasteiger partial charge in [-0.2, -0.15) is 0 Å². The Hall–Kier alpha value is -2.73. The number of nitrogens with zero attached hydrogens (tertiary/aromatic N) is 2. The van der Waals surface area contributed by atoms with E-state index in [-0.39, 0.29) is 23.7 Å².